The lowest BCUT2D eigenvalue weighted by atomic mass is 10.1. The Balaban J connectivity index is 0.000000339. The van der Waals surface area contributed by atoms with Gasteiger partial charge in [-0.1, -0.05) is 11.3 Å². The predicted molar refractivity (Wildman–Crippen MR) is 105 cm³/mol. The lowest BCUT2D eigenvalue weighted by Gasteiger charge is -2.35. The van der Waals surface area contributed by atoms with Gasteiger partial charge >= 0.3 is 12.1 Å². The highest BCUT2D eigenvalue weighted by Gasteiger charge is 2.38. The number of carboxylic acids is 1. The van der Waals surface area contributed by atoms with Crippen molar-refractivity contribution in [3.63, 3.8) is 0 Å². The van der Waals surface area contributed by atoms with E-state index in [0.29, 0.717) is 12.6 Å². The summed E-state index contributed by atoms with van der Waals surface area (Å²) < 4.78 is 41.0. The number of aromatic nitrogens is 5. The second-order valence-corrected chi connectivity index (χ2v) is 7.90. The second-order valence-electron chi connectivity index (χ2n) is 6.87. The van der Waals surface area contributed by atoms with E-state index in [1.807, 2.05) is 24.1 Å². The highest BCUT2D eigenvalue weighted by Crippen LogP contribution is 2.28. The van der Waals surface area contributed by atoms with E-state index in [-0.39, 0.29) is 0 Å². The molecule has 0 saturated carbocycles. The van der Waals surface area contributed by atoms with Crippen LogP contribution in [0.4, 0.5) is 13.2 Å². The molecule has 1 N–H and O–H groups in total. The molecule has 0 bridgehead atoms. The van der Waals surface area contributed by atoms with Crippen molar-refractivity contribution in [2.24, 2.45) is 7.05 Å². The van der Waals surface area contributed by atoms with Gasteiger partial charge in [0, 0.05) is 43.9 Å². The predicted octanol–water partition coefficient (Wildman–Crippen LogP) is 2.40. The Bertz CT molecular complexity index is 1000. The Morgan fingerprint density at radius 1 is 1.42 bits per heavy atom. The molecule has 1 atom stereocenters. The second kappa shape index (κ2) is 9.58. The first-order valence-corrected chi connectivity index (χ1v) is 10.0. The number of nitrogens with zero attached hydrogens (tertiary/aromatic N) is 6. The number of methoxy groups -OCH3 is 1. The SMILES string of the molecule is COCC1Cn2nnc(-c3cnn(C)c3)c2CN1Cc1cccs1.O=C(O)C(F)(F)F. The van der Waals surface area contributed by atoms with Gasteiger partial charge in [-0.05, 0) is 11.4 Å². The molecule has 0 amide bonds. The van der Waals surface area contributed by atoms with Crippen LogP contribution in [0.5, 0.6) is 0 Å². The molecule has 9 nitrogen and oxygen atoms in total. The fourth-order valence-electron chi connectivity index (χ4n) is 3.18. The molecule has 0 fully saturated rings. The van der Waals surface area contributed by atoms with E-state index in [2.05, 4.69) is 37.8 Å². The first kappa shape index (κ1) is 22.9. The first-order chi connectivity index (χ1) is 14.7. The number of hydrogen-bond acceptors (Lipinski definition) is 7. The van der Waals surface area contributed by atoms with Gasteiger partial charge in [0.1, 0.15) is 5.69 Å². The third-order valence-electron chi connectivity index (χ3n) is 4.61. The summed E-state index contributed by atoms with van der Waals surface area (Å²) in [7, 11) is 3.67. The summed E-state index contributed by atoms with van der Waals surface area (Å²) in [5.74, 6) is -2.76. The first-order valence-electron chi connectivity index (χ1n) is 9.16. The van der Waals surface area contributed by atoms with Crippen molar-refractivity contribution in [1.82, 2.24) is 29.7 Å². The van der Waals surface area contributed by atoms with Gasteiger partial charge in [-0.2, -0.15) is 18.3 Å². The zero-order valence-corrected chi connectivity index (χ0v) is 17.6. The number of rotatable bonds is 5. The van der Waals surface area contributed by atoms with E-state index >= 15 is 0 Å². The van der Waals surface area contributed by atoms with Crippen molar-refractivity contribution in [2.75, 3.05) is 13.7 Å². The summed E-state index contributed by atoms with van der Waals surface area (Å²) in [6.45, 7) is 3.21. The minimum atomic E-state index is -5.08. The molecule has 1 unspecified atom stereocenters. The average Bonchev–Trinajstić information content (AvgIpc) is 3.43. The maximum absolute atomic E-state index is 10.6. The number of aryl methyl sites for hydroxylation is 1. The van der Waals surface area contributed by atoms with E-state index in [9.17, 15) is 13.2 Å². The van der Waals surface area contributed by atoms with E-state index < -0.39 is 12.1 Å². The minimum absolute atomic E-state index is 0.299. The van der Waals surface area contributed by atoms with E-state index in [4.69, 9.17) is 14.6 Å². The van der Waals surface area contributed by atoms with Gasteiger partial charge in [0.15, 0.2) is 0 Å². The number of hydrogen-bond donors (Lipinski definition) is 1. The molecule has 0 saturated heterocycles. The Hall–Kier alpha value is -2.77. The van der Waals surface area contributed by atoms with Crippen molar-refractivity contribution in [3.05, 3.63) is 40.5 Å². The Labute approximate surface area is 179 Å². The van der Waals surface area contributed by atoms with Crippen molar-refractivity contribution in [1.29, 1.82) is 0 Å². The molecule has 0 aromatic carbocycles. The molecular formula is C18H21F3N6O3S. The molecule has 0 aliphatic carbocycles. The summed E-state index contributed by atoms with van der Waals surface area (Å²) >= 11 is 1.79. The molecule has 3 aromatic heterocycles. The molecule has 0 spiro atoms. The van der Waals surface area contributed by atoms with Gasteiger partial charge in [0.25, 0.3) is 0 Å². The zero-order chi connectivity index (χ0) is 22.6. The largest absolute Gasteiger partial charge is 0.490 e. The van der Waals surface area contributed by atoms with Gasteiger partial charge in [0.2, 0.25) is 0 Å². The van der Waals surface area contributed by atoms with Crippen LogP contribution in [0, 0.1) is 0 Å². The van der Waals surface area contributed by atoms with Crippen LogP contribution < -0.4 is 0 Å². The molecule has 168 valence electrons. The number of thiophene rings is 1. The molecule has 4 heterocycles. The van der Waals surface area contributed by atoms with Crippen LogP contribution in [-0.2, 0) is 36.2 Å². The molecule has 1 aliphatic heterocycles. The molecular weight excluding hydrogens is 437 g/mol. The molecule has 3 aromatic rings. The fraction of sp³-hybridized carbons (Fsp3) is 0.444. The lowest BCUT2D eigenvalue weighted by molar-refractivity contribution is -0.192. The molecule has 0 radical (unpaired) electrons. The van der Waals surface area contributed by atoms with E-state index in [1.165, 1.54) is 4.88 Å². The summed E-state index contributed by atoms with van der Waals surface area (Å²) in [5, 5.41) is 22.3. The third kappa shape index (κ3) is 5.68. The highest BCUT2D eigenvalue weighted by molar-refractivity contribution is 7.09. The van der Waals surface area contributed by atoms with Crippen LogP contribution in [0.3, 0.4) is 0 Å². The van der Waals surface area contributed by atoms with Crippen LogP contribution in [0.25, 0.3) is 11.3 Å². The summed E-state index contributed by atoms with van der Waals surface area (Å²) in [6.07, 6.45) is -1.26. The molecule has 4 rings (SSSR count). The van der Waals surface area contributed by atoms with Crippen molar-refractivity contribution in [2.45, 2.75) is 31.9 Å². The normalized spacial score (nSPS) is 16.5. The number of aliphatic carboxylic acids is 1. The third-order valence-corrected chi connectivity index (χ3v) is 5.47. The fourth-order valence-corrected chi connectivity index (χ4v) is 3.91. The van der Waals surface area contributed by atoms with Crippen molar-refractivity contribution >= 4 is 17.3 Å². The number of halogens is 3. The minimum Gasteiger partial charge on any atom is -0.475 e. The Morgan fingerprint density at radius 2 is 2.16 bits per heavy atom. The summed E-state index contributed by atoms with van der Waals surface area (Å²) in [5.41, 5.74) is 3.09. The Kier molecular flexibility index (Phi) is 7.08. The lowest BCUT2D eigenvalue weighted by Crippen LogP contribution is -2.45. The Morgan fingerprint density at radius 3 is 2.71 bits per heavy atom. The number of ether oxygens (including phenoxy) is 1. The van der Waals surface area contributed by atoms with Crippen LogP contribution in [0.2, 0.25) is 0 Å². The monoisotopic (exact) mass is 458 g/mol. The molecule has 1 aliphatic rings. The summed E-state index contributed by atoms with van der Waals surface area (Å²) in [4.78, 5) is 12.7. The number of carbonyl (C=O) groups is 1. The van der Waals surface area contributed by atoms with Gasteiger partial charge in [-0.15, -0.1) is 16.4 Å². The van der Waals surface area contributed by atoms with Gasteiger partial charge in [-0.3, -0.25) is 9.58 Å². The van der Waals surface area contributed by atoms with Gasteiger partial charge in [-0.25, -0.2) is 9.48 Å². The van der Waals surface area contributed by atoms with Crippen LogP contribution in [0.15, 0.2) is 29.9 Å². The number of fused-ring (bicyclic) bond motifs is 1. The molecule has 13 heteroatoms. The van der Waals surface area contributed by atoms with Gasteiger partial charge < -0.3 is 9.84 Å². The van der Waals surface area contributed by atoms with Crippen LogP contribution in [0.1, 0.15) is 10.6 Å². The van der Waals surface area contributed by atoms with E-state index in [0.717, 1.165) is 36.6 Å². The van der Waals surface area contributed by atoms with Crippen molar-refractivity contribution < 1.29 is 27.8 Å². The zero-order valence-electron chi connectivity index (χ0n) is 16.8. The van der Waals surface area contributed by atoms with Gasteiger partial charge in [0.05, 0.1) is 31.1 Å². The maximum Gasteiger partial charge on any atom is 0.490 e. The topological polar surface area (TPSA) is 98.3 Å². The number of alkyl halides is 3. The number of carboxylic acid groups (broad SMARTS) is 1. The highest BCUT2D eigenvalue weighted by atomic mass is 32.1. The average molecular weight is 458 g/mol. The van der Waals surface area contributed by atoms with Crippen LogP contribution >= 0.6 is 11.3 Å². The smallest absolute Gasteiger partial charge is 0.475 e. The van der Waals surface area contributed by atoms with Crippen molar-refractivity contribution in [3.8, 4) is 11.3 Å². The summed E-state index contributed by atoms with van der Waals surface area (Å²) in [6, 6.07) is 4.58. The van der Waals surface area contributed by atoms with Crippen LogP contribution in [-0.4, -0.2) is 66.7 Å². The quantitative estimate of drug-likeness (QED) is 0.627. The van der Waals surface area contributed by atoms with E-state index in [1.54, 1.807) is 23.1 Å². The molecule has 31 heavy (non-hydrogen) atoms. The maximum atomic E-state index is 10.6. The standard InChI is InChI=1S/C16H20N6OS.C2HF3O2/c1-20-7-12(6-17-20)16-15-10-21(9-14-4-3-5-24-14)13(11-23-2)8-22(15)19-18-16;3-2(4,5)1(6)7/h3-7,13H,8-11H2,1-2H3;(H,6,7).